The first-order valence-electron chi connectivity index (χ1n) is 3.49. The van der Waals surface area contributed by atoms with Crippen molar-refractivity contribution in [3.05, 3.63) is 0 Å². The molecule has 1 heteroatoms. The number of nitrogens with one attached hydrogen (secondary N) is 1. The van der Waals surface area contributed by atoms with Crippen molar-refractivity contribution in [1.82, 2.24) is 5.32 Å². The van der Waals surface area contributed by atoms with E-state index in [1.54, 1.807) is 0 Å². The standard InChI is InChI=1S/C8H13N/c1-3-8-4-7(2)5-9-6-8/h1,7-9H,4-6H2,2H3/t7-,8-/m0/s1. The fourth-order valence-electron chi connectivity index (χ4n) is 1.28. The van der Waals surface area contributed by atoms with E-state index in [4.69, 9.17) is 6.42 Å². The molecule has 1 aliphatic rings. The summed E-state index contributed by atoms with van der Waals surface area (Å²) >= 11 is 0. The number of terminal acetylenes is 1. The van der Waals surface area contributed by atoms with E-state index in [0.29, 0.717) is 5.92 Å². The van der Waals surface area contributed by atoms with E-state index in [1.165, 1.54) is 6.42 Å². The molecule has 1 nitrogen and oxygen atoms in total. The summed E-state index contributed by atoms with van der Waals surface area (Å²) in [5.41, 5.74) is 0. The van der Waals surface area contributed by atoms with Crippen molar-refractivity contribution < 1.29 is 0 Å². The second-order valence-electron chi connectivity index (χ2n) is 2.86. The van der Waals surface area contributed by atoms with Crippen LogP contribution in [0, 0.1) is 24.2 Å². The number of hydrogen-bond donors (Lipinski definition) is 1. The summed E-state index contributed by atoms with van der Waals surface area (Å²) < 4.78 is 0. The molecule has 0 unspecified atom stereocenters. The quantitative estimate of drug-likeness (QED) is 0.471. The van der Waals surface area contributed by atoms with Crippen LogP contribution < -0.4 is 5.32 Å². The van der Waals surface area contributed by atoms with Gasteiger partial charge in [0.1, 0.15) is 0 Å². The summed E-state index contributed by atoms with van der Waals surface area (Å²) in [6.45, 7) is 4.38. The Kier molecular flexibility index (Phi) is 2.13. The highest BCUT2D eigenvalue weighted by Gasteiger charge is 2.15. The van der Waals surface area contributed by atoms with Crippen LogP contribution in [0.3, 0.4) is 0 Å². The van der Waals surface area contributed by atoms with Gasteiger partial charge in [-0.15, -0.1) is 12.3 Å². The maximum Gasteiger partial charge on any atom is 0.0328 e. The number of hydrogen-bond acceptors (Lipinski definition) is 1. The molecule has 0 aromatic carbocycles. The van der Waals surface area contributed by atoms with Crippen molar-refractivity contribution in [2.24, 2.45) is 11.8 Å². The minimum absolute atomic E-state index is 0.480. The van der Waals surface area contributed by atoms with Crippen LogP contribution in [-0.2, 0) is 0 Å². The summed E-state index contributed by atoms with van der Waals surface area (Å²) in [6, 6.07) is 0. The molecule has 1 saturated heterocycles. The fourth-order valence-corrected chi connectivity index (χ4v) is 1.28. The monoisotopic (exact) mass is 123 g/mol. The molecule has 1 N–H and O–H groups in total. The predicted molar refractivity (Wildman–Crippen MR) is 39.0 cm³/mol. The minimum atomic E-state index is 0.480. The van der Waals surface area contributed by atoms with Gasteiger partial charge in [0.15, 0.2) is 0 Å². The Balaban J connectivity index is 2.34. The summed E-state index contributed by atoms with van der Waals surface area (Å²) in [5, 5.41) is 3.29. The van der Waals surface area contributed by atoms with Crippen LogP contribution in [0.25, 0.3) is 0 Å². The molecule has 2 atom stereocenters. The van der Waals surface area contributed by atoms with Crippen LogP contribution in [0.15, 0.2) is 0 Å². The minimum Gasteiger partial charge on any atom is -0.315 e. The van der Waals surface area contributed by atoms with E-state index >= 15 is 0 Å². The second-order valence-corrected chi connectivity index (χ2v) is 2.86. The van der Waals surface area contributed by atoms with Gasteiger partial charge < -0.3 is 5.32 Å². The van der Waals surface area contributed by atoms with Crippen molar-refractivity contribution in [3.8, 4) is 12.3 Å². The van der Waals surface area contributed by atoms with Crippen LogP contribution in [0.1, 0.15) is 13.3 Å². The molecule has 9 heavy (non-hydrogen) atoms. The Morgan fingerprint density at radius 3 is 2.78 bits per heavy atom. The number of piperidine rings is 1. The van der Waals surface area contributed by atoms with E-state index in [2.05, 4.69) is 18.2 Å². The highest BCUT2D eigenvalue weighted by atomic mass is 14.9. The third kappa shape index (κ3) is 1.73. The molecular weight excluding hydrogens is 110 g/mol. The molecule has 0 aromatic rings. The lowest BCUT2D eigenvalue weighted by Crippen LogP contribution is -2.34. The highest BCUT2D eigenvalue weighted by Crippen LogP contribution is 2.13. The topological polar surface area (TPSA) is 12.0 Å². The van der Waals surface area contributed by atoms with Crippen LogP contribution >= 0.6 is 0 Å². The molecule has 50 valence electrons. The van der Waals surface area contributed by atoms with Crippen molar-refractivity contribution in [3.63, 3.8) is 0 Å². The van der Waals surface area contributed by atoms with Gasteiger partial charge in [0, 0.05) is 12.5 Å². The molecule has 0 aliphatic carbocycles. The lowest BCUT2D eigenvalue weighted by molar-refractivity contribution is 0.353. The third-order valence-electron chi connectivity index (χ3n) is 1.81. The van der Waals surface area contributed by atoms with Gasteiger partial charge in [-0.25, -0.2) is 0 Å². The molecular formula is C8H13N. The van der Waals surface area contributed by atoms with E-state index in [1.807, 2.05) is 0 Å². The fraction of sp³-hybridized carbons (Fsp3) is 0.750. The Morgan fingerprint density at radius 2 is 2.33 bits per heavy atom. The molecule has 0 amide bonds. The SMILES string of the molecule is C#C[C@@H]1CNC[C@@H](C)C1. The van der Waals surface area contributed by atoms with Gasteiger partial charge in [0.05, 0.1) is 0 Å². The van der Waals surface area contributed by atoms with Gasteiger partial charge >= 0.3 is 0 Å². The first kappa shape index (κ1) is 6.64. The molecule has 0 spiro atoms. The third-order valence-corrected chi connectivity index (χ3v) is 1.81. The largest absolute Gasteiger partial charge is 0.315 e. The van der Waals surface area contributed by atoms with Crippen molar-refractivity contribution in [1.29, 1.82) is 0 Å². The second kappa shape index (κ2) is 2.89. The molecule has 1 rings (SSSR count). The normalized spacial score (nSPS) is 35.6. The first-order chi connectivity index (χ1) is 4.33. The zero-order valence-corrected chi connectivity index (χ0v) is 5.85. The van der Waals surface area contributed by atoms with Gasteiger partial charge in [0.2, 0.25) is 0 Å². The Morgan fingerprint density at radius 1 is 1.56 bits per heavy atom. The van der Waals surface area contributed by atoms with Gasteiger partial charge in [-0.2, -0.15) is 0 Å². The molecule has 0 aromatic heterocycles. The number of rotatable bonds is 0. The summed E-state index contributed by atoms with van der Waals surface area (Å²) in [5.74, 6) is 4.02. The lowest BCUT2D eigenvalue weighted by Gasteiger charge is -2.23. The molecule has 1 aliphatic heterocycles. The molecule has 0 radical (unpaired) electrons. The average molecular weight is 123 g/mol. The Hall–Kier alpha value is -0.480. The Labute approximate surface area is 56.8 Å². The van der Waals surface area contributed by atoms with E-state index in [-0.39, 0.29) is 0 Å². The van der Waals surface area contributed by atoms with Crippen LogP contribution in [-0.4, -0.2) is 13.1 Å². The first-order valence-corrected chi connectivity index (χ1v) is 3.49. The van der Waals surface area contributed by atoms with Gasteiger partial charge in [-0.05, 0) is 18.9 Å². The lowest BCUT2D eigenvalue weighted by atomic mass is 9.93. The Bertz CT molecular complexity index is 123. The average Bonchev–Trinajstić information content (AvgIpc) is 1.88. The summed E-state index contributed by atoms with van der Waals surface area (Å²) in [6.07, 6.45) is 6.47. The van der Waals surface area contributed by atoms with Crippen LogP contribution in [0.4, 0.5) is 0 Å². The van der Waals surface area contributed by atoms with E-state index in [0.717, 1.165) is 19.0 Å². The summed E-state index contributed by atoms with van der Waals surface area (Å²) in [7, 11) is 0. The smallest absolute Gasteiger partial charge is 0.0328 e. The van der Waals surface area contributed by atoms with Gasteiger partial charge in [0.25, 0.3) is 0 Å². The maximum absolute atomic E-state index is 5.28. The highest BCUT2D eigenvalue weighted by molar-refractivity contribution is 4.96. The van der Waals surface area contributed by atoms with E-state index in [9.17, 15) is 0 Å². The van der Waals surface area contributed by atoms with Crippen molar-refractivity contribution in [2.75, 3.05) is 13.1 Å². The predicted octanol–water partition coefficient (Wildman–Crippen LogP) is 0.865. The molecule has 0 bridgehead atoms. The van der Waals surface area contributed by atoms with Crippen molar-refractivity contribution >= 4 is 0 Å². The maximum atomic E-state index is 5.28. The van der Waals surface area contributed by atoms with Crippen LogP contribution in [0.5, 0.6) is 0 Å². The zero-order chi connectivity index (χ0) is 6.69. The van der Waals surface area contributed by atoms with Gasteiger partial charge in [-0.1, -0.05) is 6.92 Å². The van der Waals surface area contributed by atoms with E-state index < -0.39 is 0 Å². The molecule has 1 fully saturated rings. The zero-order valence-electron chi connectivity index (χ0n) is 5.85. The molecule has 0 saturated carbocycles. The van der Waals surface area contributed by atoms with Crippen LogP contribution in [0.2, 0.25) is 0 Å². The van der Waals surface area contributed by atoms with Crippen molar-refractivity contribution in [2.45, 2.75) is 13.3 Å². The molecule has 1 heterocycles. The van der Waals surface area contributed by atoms with Gasteiger partial charge in [-0.3, -0.25) is 0 Å². The summed E-state index contributed by atoms with van der Waals surface area (Å²) in [4.78, 5) is 0.